The van der Waals surface area contributed by atoms with Gasteiger partial charge in [-0.25, -0.2) is 0 Å². The molecule has 0 aliphatic carbocycles. The Balaban J connectivity index is 0.000000176. The molecular formula is C52H47IrN3O-2. The molecule has 0 saturated carbocycles. The second-order valence-electron chi connectivity index (χ2n) is 15.7. The van der Waals surface area contributed by atoms with Gasteiger partial charge in [0.2, 0.25) is 0 Å². The van der Waals surface area contributed by atoms with Crippen molar-refractivity contribution in [2.45, 2.75) is 65.7 Å². The van der Waals surface area contributed by atoms with E-state index in [4.69, 9.17) is 17.1 Å². The topological polar surface area (TPSA) is 43.9 Å². The molecule has 0 bridgehead atoms. The van der Waals surface area contributed by atoms with Gasteiger partial charge in [-0.05, 0) is 68.9 Å². The number of imidazole rings is 1. The van der Waals surface area contributed by atoms with Crippen molar-refractivity contribution in [3.05, 3.63) is 175 Å². The summed E-state index contributed by atoms with van der Waals surface area (Å²) in [6, 6.07) is 53.4. The SMILES string of the molecule is CC(C)(C)c1ccc(-c2ccc(-c3[c-]ccc4c3oc3ccccc34)nc2)cc1.[2H]C(C)(C)c1cccc(C([2H])(C)C)c1-n1c(-c2[c-]cccc2)nc2ccccc21.[Ir]. The van der Waals surface area contributed by atoms with Gasteiger partial charge in [0, 0.05) is 40.1 Å². The first-order valence-electron chi connectivity index (χ1n) is 20.2. The van der Waals surface area contributed by atoms with E-state index in [1.54, 1.807) is 0 Å². The average molecular weight is 924 g/mol. The van der Waals surface area contributed by atoms with Gasteiger partial charge in [0.15, 0.2) is 0 Å². The van der Waals surface area contributed by atoms with Gasteiger partial charge < -0.3 is 14.0 Å². The van der Waals surface area contributed by atoms with Gasteiger partial charge in [0.05, 0.1) is 22.4 Å². The standard InChI is InChI=1S/C27H22NO.C25H25N2.Ir/c1-27(2,3)20-14-11-18(12-15-20)19-13-16-24(28-17-19)23-9-6-8-22-21-7-4-5-10-25(21)29-26(22)23;1-17(2)20-13-10-14-21(18(3)4)24(20)27-23-16-9-8-15-22(23)26-25(27)19-11-6-5-7-12-19;/h4-8,10-17H,1-3H3;5-11,13-18H,1-4H3;/q2*-1;/i;17D,18D;. The third kappa shape index (κ3) is 7.88. The Hall–Kier alpha value is -5.61. The zero-order chi connectivity index (χ0) is 40.8. The molecule has 0 spiro atoms. The van der Waals surface area contributed by atoms with E-state index < -0.39 is 11.8 Å². The number of fused-ring (bicyclic) bond motifs is 4. The van der Waals surface area contributed by atoms with Crippen LogP contribution < -0.4 is 0 Å². The molecule has 9 aromatic rings. The second-order valence-corrected chi connectivity index (χ2v) is 15.7. The molecule has 287 valence electrons. The van der Waals surface area contributed by atoms with E-state index in [0.717, 1.165) is 78.0 Å². The molecule has 0 aliphatic heterocycles. The fourth-order valence-electron chi connectivity index (χ4n) is 7.31. The minimum atomic E-state index is -0.834. The summed E-state index contributed by atoms with van der Waals surface area (Å²) in [7, 11) is 0. The Morgan fingerprint density at radius 1 is 0.667 bits per heavy atom. The van der Waals surface area contributed by atoms with E-state index >= 15 is 0 Å². The summed E-state index contributed by atoms with van der Waals surface area (Å²) < 4.78 is 25.8. The first kappa shape index (κ1) is 37.0. The van der Waals surface area contributed by atoms with Crippen molar-refractivity contribution in [1.82, 2.24) is 14.5 Å². The van der Waals surface area contributed by atoms with Crippen molar-refractivity contribution < 1.29 is 27.3 Å². The molecular weight excluding hydrogens is 875 g/mol. The summed E-state index contributed by atoms with van der Waals surface area (Å²) in [5.74, 6) is -0.895. The van der Waals surface area contributed by atoms with Crippen LogP contribution in [-0.2, 0) is 25.5 Å². The Morgan fingerprint density at radius 2 is 1.35 bits per heavy atom. The van der Waals surface area contributed by atoms with E-state index in [2.05, 4.69) is 79.9 Å². The van der Waals surface area contributed by atoms with E-state index in [-0.39, 0.29) is 25.5 Å². The number of hydrogen-bond acceptors (Lipinski definition) is 3. The van der Waals surface area contributed by atoms with Crippen molar-refractivity contribution in [3.63, 3.8) is 0 Å². The van der Waals surface area contributed by atoms with Crippen molar-refractivity contribution in [1.29, 1.82) is 0 Å². The molecule has 0 saturated heterocycles. The minimum absolute atomic E-state index is 0. The number of para-hydroxylation sites is 4. The number of pyridine rings is 1. The smallest absolute Gasteiger partial charge is 0.120 e. The van der Waals surface area contributed by atoms with Gasteiger partial charge in [-0.1, -0.05) is 144 Å². The van der Waals surface area contributed by atoms with Crippen molar-refractivity contribution in [2.24, 2.45) is 0 Å². The predicted molar refractivity (Wildman–Crippen MR) is 233 cm³/mol. The second kappa shape index (κ2) is 16.5. The summed E-state index contributed by atoms with van der Waals surface area (Å²) in [5.41, 5.74) is 12.6. The number of rotatable bonds is 6. The number of nitrogens with zero attached hydrogens (tertiary/aromatic N) is 3. The van der Waals surface area contributed by atoms with E-state index in [9.17, 15) is 0 Å². The zero-order valence-electron chi connectivity index (χ0n) is 35.4. The van der Waals surface area contributed by atoms with Crippen LogP contribution in [0.2, 0.25) is 0 Å². The van der Waals surface area contributed by atoms with E-state index in [0.29, 0.717) is 0 Å². The molecule has 3 aromatic heterocycles. The van der Waals surface area contributed by atoms with Gasteiger partial charge in [0.25, 0.3) is 0 Å². The molecule has 0 amide bonds. The maximum atomic E-state index is 8.80. The maximum Gasteiger partial charge on any atom is 0.120 e. The first-order chi connectivity index (χ1) is 27.7. The Bertz CT molecular complexity index is 2840. The minimum Gasteiger partial charge on any atom is -0.501 e. The normalized spacial score (nSPS) is 12.5. The van der Waals surface area contributed by atoms with Crippen LogP contribution in [0.4, 0.5) is 0 Å². The zero-order valence-corrected chi connectivity index (χ0v) is 35.8. The summed E-state index contributed by atoms with van der Waals surface area (Å²) in [4.78, 5) is 9.64. The summed E-state index contributed by atoms with van der Waals surface area (Å²) in [6.45, 7) is 14.2. The summed E-state index contributed by atoms with van der Waals surface area (Å²) in [5, 5.41) is 2.21. The largest absolute Gasteiger partial charge is 0.501 e. The molecule has 0 unspecified atom stereocenters. The van der Waals surface area contributed by atoms with Crippen LogP contribution in [-0.4, -0.2) is 14.5 Å². The average Bonchev–Trinajstić information content (AvgIpc) is 3.79. The Morgan fingerprint density at radius 3 is 2.02 bits per heavy atom. The molecule has 0 aliphatic rings. The molecule has 1 radical (unpaired) electrons. The van der Waals surface area contributed by atoms with Crippen LogP contribution in [0.15, 0.2) is 150 Å². The van der Waals surface area contributed by atoms with Gasteiger partial charge >= 0.3 is 0 Å². The first-order valence-corrected chi connectivity index (χ1v) is 19.2. The maximum absolute atomic E-state index is 8.80. The van der Waals surface area contributed by atoms with Crippen molar-refractivity contribution in [2.75, 3.05) is 0 Å². The third-order valence-corrected chi connectivity index (χ3v) is 10.3. The predicted octanol–water partition coefficient (Wildman–Crippen LogP) is 14.1. The monoisotopic (exact) mass is 924 g/mol. The molecule has 5 heteroatoms. The van der Waals surface area contributed by atoms with Crippen LogP contribution in [0.25, 0.3) is 72.4 Å². The van der Waals surface area contributed by atoms with E-state index in [1.807, 2.05) is 131 Å². The molecule has 57 heavy (non-hydrogen) atoms. The van der Waals surface area contributed by atoms with Gasteiger partial charge in [-0.15, -0.1) is 54.1 Å². The number of furan rings is 1. The van der Waals surface area contributed by atoms with Gasteiger partial charge in [-0.2, -0.15) is 0 Å². The van der Waals surface area contributed by atoms with Crippen LogP contribution in [0.3, 0.4) is 0 Å². The van der Waals surface area contributed by atoms with Crippen LogP contribution in [0, 0.1) is 12.1 Å². The number of aromatic nitrogens is 3. The quantitative estimate of drug-likeness (QED) is 0.156. The van der Waals surface area contributed by atoms with Crippen LogP contribution in [0.1, 0.15) is 79.7 Å². The molecule has 0 N–H and O–H groups in total. The Kier molecular flexibility index (Phi) is 10.7. The number of benzene rings is 6. The molecule has 4 nitrogen and oxygen atoms in total. The fraction of sp³-hybridized carbons (Fsp3) is 0.192. The molecule has 9 rings (SSSR count). The van der Waals surface area contributed by atoms with Crippen LogP contribution in [0.5, 0.6) is 0 Å². The van der Waals surface area contributed by atoms with Crippen molar-refractivity contribution >= 4 is 33.0 Å². The van der Waals surface area contributed by atoms with Crippen LogP contribution >= 0.6 is 0 Å². The molecule has 0 fully saturated rings. The third-order valence-electron chi connectivity index (χ3n) is 10.3. The molecule has 0 atom stereocenters. The Labute approximate surface area is 352 Å². The van der Waals surface area contributed by atoms with Gasteiger partial charge in [0.1, 0.15) is 5.58 Å². The number of hydrogen-bond donors (Lipinski definition) is 0. The molecule has 3 heterocycles. The van der Waals surface area contributed by atoms with Gasteiger partial charge in [-0.3, -0.25) is 4.98 Å². The van der Waals surface area contributed by atoms with Crippen molar-refractivity contribution in [3.8, 4) is 39.5 Å². The fourth-order valence-corrected chi connectivity index (χ4v) is 7.31. The summed E-state index contributed by atoms with van der Waals surface area (Å²) >= 11 is 0. The molecule has 6 aromatic carbocycles. The van der Waals surface area contributed by atoms with E-state index in [1.165, 1.54) is 11.1 Å². The summed E-state index contributed by atoms with van der Waals surface area (Å²) in [6.07, 6.45) is 1.93.